The minimum atomic E-state index is -0.00399. The zero-order chi connectivity index (χ0) is 12.8. The van der Waals surface area contributed by atoms with E-state index in [9.17, 15) is 4.79 Å². The Morgan fingerprint density at radius 2 is 2.12 bits per heavy atom. The molecule has 0 fully saturated rings. The lowest BCUT2D eigenvalue weighted by atomic mass is 10.4. The number of nitrogen functional groups attached to an aromatic ring is 1. The Kier molecular flexibility index (Phi) is 4.50. The molecule has 0 aliphatic heterocycles. The molecule has 0 aromatic carbocycles. The number of nitrogens with two attached hydrogens (primary N) is 1. The summed E-state index contributed by atoms with van der Waals surface area (Å²) >= 11 is 0. The van der Waals surface area contributed by atoms with Crippen LogP contribution in [0.25, 0.3) is 0 Å². The first-order chi connectivity index (χ1) is 8.06. The number of aromatic nitrogens is 2. The lowest BCUT2D eigenvalue weighted by Crippen LogP contribution is -2.32. The minimum absolute atomic E-state index is 0.00399. The number of anilines is 3. The molecule has 1 aromatic heterocycles. The molecule has 1 aromatic rings. The molecule has 0 saturated carbocycles. The summed E-state index contributed by atoms with van der Waals surface area (Å²) < 4.78 is 0. The third-order valence-corrected chi connectivity index (χ3v) is 2.32. The second-order valence-corrected chi connectivity index (χ2v) is 3.51. The number of hydrogen-bond donors (Lipinski definition) is 3. The fraction of sp³-hybridized carbons (Fsp3) is 0.500. The molecule has 0 bridgehead atoms. The van der Waals surface area contributed by atoms with Crippen molar-refractivity contribution >= 4 is 23.5 Å². The fourth-order valence-corrected chi connectivity index (χ4v) is 1.16. The average Bonchev–Trinajstić information content (AvgIpc) is 2.34. The highest BCUT2D eigenvalue weighted by atomic mass is 16.2. The van der Waals surface area contributed by atoms with Gasteiger partial charge in [0.25, 0.3) is 0 Å². The van der Waals surface area contributed by atoms with Gasteiger partial charge < -0.3 is 21.3 Å². The zero-order valence-electron chi connectivity index (χ0n) is 10.3. The van der Waals surface area contributed by atoms with Crippen molar-refractivity contribution < 1.29 is 4.79 Å². The van der Waals surface area contributed by atoms with Crippen LogP contribution in [0.15, 0.2) is 6.07 Å². The maximum atomic E-state index is 11.6. The maximum Gasteiger partial charge on any atom is 0.241 e. The van der Waals surface area contributed by atoms with Crippen LogP contribution in [-0.4, -0.2) is 48.0 Å². The number of amides is 1. The summed E-state index contributed by atoms with van der Waals surface area (Å²) in [6.07, 6.45) is 0. The van der Waals surface area contributed by atoms with E-state index < -0.39 is 0 Å². The Labute approximate surface area is 100 Å². The molecule has 0 atom stereocenters. The van der Waals surface area contributed by atoms with Crippen LogP contribution < -0.4 is 16.4 Å². The first-order valence-corrected chi connectivity index (χ1v) is 5.37. The van der Waals surface area contributed by atoms with E-state index >= 15 is 0 Å². The Balaban J connectivity index is 2.63. The van der Waals surface area contributed by atoms with Gasteiger partial charge >= 0.3 is 0 Å². The molecule has 0 aliphatic carbocycles. The monoisotopic (exact) mass is 238 g/mol. The molecule has 0 saturated heterocycles. The first kappa shape index (κ1) is 13.0. The summed E-state index contributed by atoms with van der Waals surface area (Å²) in [6, 6.07) is 1.69. The van der Waals surface area contributed by atoms with Crippen LogP contribution in [0.3, 0.4) is 0 Å². The third-order valence-electron chi connectivity index (χ3n) is 2.32. The van der Waals surface area contributed by atoms with Gasteiger partial charge in [-0.25, -0.2) is 0 Å². The van der Waals surface area contributed by atoms with Crippen LogP contribution in [0.2, 0.25) is 0 Å². The largest absolute Gasteiger partial charge is 0.373 e. The molecule has 0 radical (unpaired) electrons. The molecule has 7 heteroatoms. The third kappa shape index (κ3) is 3.78. The first-order valence-electron chi connectivity index (χ1n) is 5.37. The Morgan fingerprint density at radius 3 is 2.71 bits per heavy atom. The summed E-state index contributed by atoms with van der Waals surface area (Å²) in [5.41, 5.74) is 5.53. The molecule has 0 spiro atoms. The zero-order valence-corrected chi connectivity index (χ0v) is 10.3. The SMILES string of the molecule is CCN(C)C(=O)CNc1cc(NC)nc(N)n1. The second-order valence-electron chi connectivity index (χ2n) is 3.51. The van der Waals surface area contributed by atoms with Crippen molar-refractivity contribution in [2.75, 3.05) is 43.6 Å². The van der Waals surface area contributed by atoms with E-state index in [1.165, 1.54) is 0 Å². The van der Waals surface area contributed by atoms with E-state index in [0.29, 0.717) is 18.2 Å². The van der Waals surface area contributed by atoms with Crippen molar-refractivity contribution in [3.63, 3.8) is 0 Å². The number of nitrogens with one attached hydrogen (secondary N) is 2. The molecular weight excluding hydrogens is 220 g/mol. The summed E-state index contributed by atoms with van der Waals surface area (Å²) in [4.78, 5) is 21.1. The number of carbonyl (C=O) groups excluding carboxylic acids is 1. The van der Waals surface area contributed by atoms with Gasteiger partial charge in [-0.15, -0.1) is 0 Å². The lowest BCUT2D eigenvalue weighted by molar-refractivity contribution is -0.127. The molecule has 1 rings (SSSR count). The van der Waals surface area contributed by atoms with E-state index in [-0.39, 0.29) is 18.4 Å². The molecule has 4 N–H and O–H groups in total. The summed E-state index contributed by atoms with van der Waals surface area (Å²) in [6.45, 7) is 2.78. The van der Waals surface area contributed by atoms with Gasteiger partial charge in [-0.2, -0.15) is 9.97 Å². The molecule has 0 aliphatic rings. The quantitative estimate of drug-likeness (QED) is 0.667. The van der Waals surface area contributed by atoms with Gasteiger partial charge in [0.15, 0.2) is 0 Å². The van der Waals surface area contributed by atoms with Crippen LogP contribution in [0, 0.1) is 0 Å². The van der Waals surface area contributed by atoms with Gasteiger partial charge in [0.2, 0.25) is 11.9 Å². The Morgan fingerprint density at radius 1 is 1.47 bits per heavy atom. The van der Waals surface area contributed by atoms with E-state index in [0.717, 1.165) is 0 Å². The molecule has 0 unspecified atom stereocenters. The van der Waals surface area contributed by atoms with Gasteiger partial charge in [-0.3, -0.25) is 4.79 Å². The maximum absolute atomic E-state index is 11.6. The van der Waals surface area contributed by atoms with Crippen molar-refractivity contribution in [3.8, 4) is 0 Å². The van der Waals surface area contributed by atoms with E-state index in [1.807, 2.05) is 6.92 Å². The van der Waals surface area contributed by atoms with Crippen molar-refractivity contribution in [2.45, 2.75) is 6.92 Å². The molecular formula is C10H18N6O. The van der Waals surface area contributed by atoms with Crippen LogP contribution in [0.4, 0.5) is 17.6 Å². The van der Waals surface area contributed by atoms with Crippen molar-refractivity contribution in [2.24, 2.45) is 0 Å². The number of hydrogen-bond acceptors (Lipinski definition) is 6. The second kappa shape index (κ2) is 5.88. The number of likely N-dealkylation sites (N-methyl/N-ethyl adjacent to an activating group) is 1. The number of nitrogens with zero attached hydrogens (tertiary/aromatic N) is 3. The van der Waals surface area contributed by atoms with Gasteiger partial charge in [0.1, 0.15) is 11.6 Å². The average molecular weight is 238 g/mol. The smallest absolute Gasteiger partial charge is 0.241 e. The lowest BCUT2D eigenvalue weighted by Gasteiger charge is -2.15. The van der Waals surface area contributed by atoms with E-state index in [4.69, 9.17) is 5.73 Å². The topological polar surface area (TPSA) is 96.2 Å². The van der Waals surface area contributed by atoms with Crippen molar-refractivity contribution in [3.05, 3.63) is 6.07 Å². The van der Waals surface area contributed by atoms with Gasteiger partial charge in [-0.05, 0) is 6.92 Å². The van der Waals surface area contributed by atoms with E-state index in [1.54, 1.807) is 25.1 Å². The summed E-state index contributed by atoms with van der Waals surface area (Å²) in [5.74, 6) is 1.29. The van der Waals surface area contributed by atoms with E-state index in [2.05, 4.69) is 20.6 Å². The fourth-order valence-electron chi connectivity index (χ4n) is 1.16. The highest BCUT2D eigenvalue weighted by molar-refractivity contribution is 5.80. The highest BCUT2D eigenvalue weighted by Gasteiger charge is 2.07. The van der Waals surface area contributed by atoms with Crippen LogP contribution in [0.5, 0.6) is 0 Å². The van der Waals surface area contributed by atoms with Gasteiger partial charge in [-0.1, -0.05) is 0 Å². The van der Waals surface area contributed by atoms with Gasteiger partial charge in [0.05, 0.1) is 6.54 Å². The standard InChI is InChI=1S/C10H18N6O/c1-4-16(3)9(17)6-13-8-5-7(12-2)14-10(11)15-8/h5H,4,6H2,1-3H3,(H4,11,12,13,14,15). The normalized spacial score (nSPS) is 9.82. The Bertz CT molecular complexity index is 394. The molecule has 17 heavy (non-hydrogen) atoms. The number of carbonyl (C=O) groups is 1. The number of rotatable bonds is 5. The molecule has 1 heterocycles. The van der Waals surface area contributed by atoms with Gasteiger partial charge in [0, 0.05) is 26.7 Å². The van der Waals surface area contributed by atoms with Crippen LogP contribution in [0.1, 0.15) is 6.92 Å². The molecule has 1 amide bonds. The summed E-state index contributed by atoms with van der Waals surface area (Å²) in [7, 11) is 3.49. The highest BCUT2D eigenvalue weighted by Crippen LogP contribution is 2.11. The van der Waals surface area contributed by atoms with Crippen molar-refractivity contribution in [1.82, 2.24) is 14.9 Å². The van der Waals surface area contributed by atoms with Crippen LogP contribution >= 0.6 is 0 Å². The predicted octanol–water partition coefficient (Wildman–Crippen LogP) is -0.00930. The molecule has 94 valence electrons. The summed E-state index contributed by atoms with van der Waals surface area (Å²) in [5, 5.41) is 5.78. The van der Waals surface area contributed by atoms with Crippen LogP contribution in [-0.2, 0) is 4.79 Å². The minimum Gasteiger partial charge on any atom is -0.373 e. The van der Waals surface area contributed by atoms with Crippen molar-refractivity contribution in [1.29, 1.82) is 0 Å². The Hall–Kier alpha value is -2.05. The molecule has 7 nitrogen and oxygen atoms in total. The predicted molar refractivity (Wildman–Crippen MR) is 67.8 cm³/mol.